The molecule has 0 radical (unpaired) electrons. The Morgan fingerprint density at radius 1 is 1.00 bits per heavy atom. The van der Waals surface area contributed by atoms with Crippen LogP contribution in [-0.2, 0) is 23.9 Å². The number of rotatable bonds is 16. The third-order valence-electron chi connectivity index (χ3n) is 10.4. The van der Waals surface area contributed by atoms with Gasteiger partial charge in [0.15, 0.2) is 0 Å². The Bertz CT molecular complexity index is 1720. The van der Waals surface area contributed by atoms with Crippen molar-refractivity contribution in [1.82, 2.24) is 15.5 Å². The molecule has 2 fully saturated rings. The zero-order chi connectivity index (χ0) is 40.7. The van der Waals surface area contributed by atoms with Crippen LogP contribution in [0.2, 0.25) is 5.02 Å². The maximum atomic E-state index is 13.4. The number of amides is 3. The highest BCUT2D eigenvalue weighted by atomic mass is 35.5. The minimum atomic E-state index is -0.931. The molecule has 14 heteroatoms. The van der Waals surface area contributed by atoms with Gasteiger partial charge in [-0.1, -0.05) is 60.1 Å². The molecule has 1 heterocycles. The van der Waals surface area contributed by atoms with Gasteiger partial charge in [0.2, 0.25) is 11.8 Å². The summed E-state index contributed by atoms with van der Waals surface area (Å²) in [5.74, 6) is -0.487. The van der Waals surface area contributed by atoms with E-state index in [9.17, 15) is 24.3 Å². The summed E-state index contributed by atoms with van der Waals surface area (Å²) >= 11 is 6.21. The summed E-state index contributed by atoms with van der Waals surface area (Å²) in [6.45, 7) is 14.2. The number of benzene rings is 2. The zero-order valence-electron chi connectivity index (χ0n) is 33.1. The topological polar surface area (TPSA) is 177 Å². The third kappa shape index (κ3) is 10.5. The van der Waals surface area contributed by atoms with Gasteiger partial charge in [-0.15, -0.1) is 0 Å². The molecule has 55 heavy (non-hydrogen) atoms. The quantitative estimate of drug-likeness (QED) is 0.154. The molecule has 2 aromatic rings. The first-order valence-corrected chi connectivity index (χ1v) is 19.0. The number of nitrogens with zero attached hydrogens (tertiary/aromatic N) is 2. The lowest BCUT2D eigenvalue weighted by Crippen LogP contribution is -2.74. The molecule has 2 aliphatic rings. The van der Waals surface area contributed by atoms with Gasteiger partial charge in [0.25, 0.3) is 5.91 Å². The van der Waals surface area contributed by atoms with E-state index in [1.165, 1.54) is 12.0 Å². The van der Waals surface area contributed by atoms with Crippen LogP contribution in [0.3, 0.4) is 0 Å². The predicted octanol–water partition coefficient (Wildman–Crippen LogP) is 5.06. The highest BCUT2D eigenvalue weighted by Crippen LogP contribution is 2.55. The number of halogens is 1. The van der Waals surface area contributed by atoms with E-state index in [-0.39, 0.29) is 48.5 Å². The molecule has 300 valence electrons. The molecule has 4 rings (SSSR count). The predicted molar refractivity (Wildman–Crippen MR) is 206 cm³/mol. The Labute approximate surface area is 329 Å². The summed E-state index contributed by atoms with van der Waals surface area (Å²) in [5.41, 5.74) is -0.529. The average molecular weight is 783 g/mol. The average Bonchev–Trinajstić information content (AvgIpc) is 3.53. The fourth-order valence-corrected chi connectivity index (χ4v) is 8.00. The lowest BCUT2D eigenvalue weighted by molar-refractivity contribution is -0.164. The lowest BCUT2D eigenvalue weighted by Gasteiger charge is -2.63. The van der Waals surface area contributed by atoms with Crippen molar-refractivity contribution in [2.75, 3.05) is 33.5 Å². The number of carbonyl (C=O) groups excluding carboxylic acids is 4. The highest BCUT2D eigenvalue weighted by Gasteiger charge is 2.64. The second-order valence-electron chi connectivity index (χ2n) is 16.6. The minimum Gasteiger partial charge on any atom is -0.494 e. The van der Waals surface area contributed by atoms with Gasteiger partial charge in [-0.25, -0.2) is 4.79 Å². The van der Waals surface area contributed by atoms with Gasteiger partial charge >= 0.3 is 5.97 Å². The standard InChI is InChI=1S/C41H55ClN4O9/c1-39(2,3)33(35(50)46-23-27(47)20-31(46)36(51)52-8)44-32(48)24-53-18-10-9-11-19-54-28-15-12-25(13-16-28)34(49)45-37-40(4,5)38(41(37,6)7)55-29-17-14-26(22-43)30(42)21-29/h12-17,21,27,31,33,37-38,47H,9-11,18-20,23-24H2,1-8H3,(H,44,48)(H,45,49)/t27-,31+,33?,37?,38?/m1/s1. The Kier molecular flexibility index (Phi) is 14.2. The number of esters is 1. The van der Waals surface area contributed by atoms with Crippen molar-refractivity contribution in [2.45, 2.75) is 104 Å². The number of ether oxygens (including phenoxy) is 4. The maximum Gasteiger partial charge on any atom is 0.328 e. The molecule has 1 aliphatic heterocycles. The Balaban J connectivity index is 1.14. The third-order valence-corrected chi connectivity index (χ3v) is 10.7. The number of carbonyl (C=O) groups is 4. The molecule has 3 amide bonds. The molecule has 3 atom stereocenters. The number of unbranched alkanes of at least 4 members (excludes halogenated alkanes) is 2. The van der Waals surface area contributed by atoms with Gasteiger partial charge in [-0.05, 0) is 61.1 Å². The number of aliphatic hydroxyl groups excluding tert-OH is 1. The molecular formula is C41H55ClN4O9. The highest BCUT2D eigenvalue weighted by molar-refractivity contribution is 6.31. The van der Waals surface area contributed by atoms with Crippen LogP contribution in [0.4, 0.5) is 0 Å². The summed E-state index contributed by atoms with van der Waals surface area (Å²) in [6.07, 6.45) is 1.28. The van der Waals surface area contributed by atoms with Gasteiger partial charge in [-0.2, -0.15) is 5.26 Å². The normalized spacial score (nSPS) is 21.7. The first kappa shape index (κ1) is 43.3. The summed E-state index contributed by atoms with van der Waals surface area (Å²) in [6, 6.07) is 12.1. The van der Waals surface area contributed by atoms with Crippen molar-refractivity contribution in [3.63, 3.8) is 0 Å². The smallest absolute Gasteiger partial charge is 0.328 e. The Morgan fingerprint density at radius 3 is 2.24 bits per heavy atom. The van der Waals surface area contributed by atoms with E-state index in [0.717, 1.165) is 12.8 Å². The molecule has 1 saturated heterocycles. The van der Waals surface area contributed by atoms with Crippen LogP contribution in [0, 0.1) is 27.6 Å². The number of β-amino-alcohol motifs (C(OH)–C–C–N with tert-alkyl or cyclic N) is 1. The zero-order valence-corrected chi connectivity index (χ0v) is 33.8. The monoisotopic (exact) mass is 782 g/mol. The van der Waals surface area contributed by atoms with Crippen LogP contribution in [0.15, 0.2) is 42.5 Å². The number of likely N-dealkylation sites (tertiary alicyclic amines) is 1. The van der Waals surface area contributed by atoms with Crippen molar-refractivity contribution in [3.8, 4) is 17.6 Å². The van der Waals surface area contributed by atoms with Gasteiger partial charge in [0.1, 0.15) is 42.4 Å². The molecular weight excluding hydrogens is 728 g/mol. The number of methoxy groups -OCH3 is 1. The van der Waals surface area contributed by atoms with Crippen molar-refractivity contribution in [3.05, 3.63) is 58.6 Å². The van der Waals surface area contributed by atoms with Crippen LogP contribution in [-0.4, -0.2) is 97.5 Å². The van der Waals surface area contributed by atoms with Crippen LogP contribution in [0.5, 0.6) is 11.5 Å². The van der Waals surface area contributed by atoms with Crippen molar-refractivity contribution in [1.29, 1.82) is 5.26 Å². The van der Waals surface area contributed by atoms with E-state index in [4.69, 9.17) is 35.8 Å². The summed E-state index contributed by atoms with van der Waals surface area (Å²) < 4.78 is 22.6. The molecule has 1 unspecified atom stereocenters. The lowest BCUT2D eigenvalue weighted by atomic mass is 9.49. The SMILES string of the molecule is COC(=O)[C@@H]1C[C@@H](O)CN1C(=O)C(NC(=O)COCCCCCOc1ccc(C(=O)NC2C(C)(C)C(Oc3ccc(C#N)c(Cl)c3)C2(C)C)cc1)C(C)(C)C. The van der Waals surface area contributed by atoms with Crippen molar-refractivity contribution in [2.24, 2.45) is 16.2 Å². The summed E-state index contributed by atoms with van der Waals surface area (Å²) in [4.78, 5) is 52.9. The first-order valence-electron chi connectivity index (χ1n) is 18.6. The van der Waals surface area contributed by atoms with Gasteiger partial charge in [0.05, 0.1) is 30.4 Å². The summed E-state index contributed by atoms with van der Waals surface area (Å²) in [7, 11) is 1.23. The van der Waals surface area contributed by atoms with E-state index in [2.05, 4.69) is 38.3 Å². The first-order chi connectivity index (χ1) is 25.8. The fraction of sp³-hybridized carbons (Fsp3) is 0.585. The largest absolute Gasteiger partial charge is 0.494 e. The number of nitrogens with one attached hydrogen (secondary N) is 2. The molecule has 1 saturated carbocycles. The summed E-state index contributed by atoms with van der Waals surface area (Å²) in [5, 5.41) is 25.6. The van der Waals surface area contributed by atoms with Crippen LogP contribution >= 0.6 is 11.6 Å². The van der Waals surface area contributed by atoms with E-state index in [1.807, 2.05) is 26.8 Å². The number of aliphatic hydroxyl groups is 1. The second kappa shape index (κ2) is 18.0. The molecule has 13 nitrogen and oxygen atoms in total. The van der Waals surface area contributed by atoms with Crippen LogP contribution in [0.25, 0.3) is 0 Å². The number of hydrogen-bond acceptors (Lipinski definition) is 10. The molecule has 0 aromatic heterocycles. The van der Waals surface area contributed by atoms with Crippen LogP contribution < -0.4 is 20.1 Å². The molecule has 1 aliphatic carbocycles. The number of hydrogen-bond donors (Lipinski definition) is 3. The van der Waals surface area contributed by atoms with E-state index in [1.54, 1.807) is 42.5 Å². The van der Waals surface area contributed by atoms with Gasteiger partial charge in [0, 0.05) is 48.1 Å². The maximum absolute atomic E-state index is 13.4. The van der Waals surface area contributed by atoms with Crippen molar-refractivity contribution < 1.29 is 43.2 Å². The van der Waals surface area contributed by atoms with Gasteiger partial charge in [-0.3, -0.25) is 14.4 Å². The van der Waals surface area contributed by atoms with E-state index in [0.29, 0.717) is 47.3 Å². The van der Waals surface area contributed by atoms with Gasteiger partial charge < -0.3 is 39.6 Å². The molecule has 0 spiro atoms. The fourth-order valence-electron chi connectivity index (χ4n) is 7.78. The molecule has 0 bridgehead atoms. The Hall–Kier alpha value is -4.38. The van der Waals surface area contributed by atoms with E-state index < -0.39 is 41.4 Å². The van der Waals surface area contributed by atoms with E-state index >= 15 is 0 Å². The molecule has 3 N–H and O–H groups in total. The Morgan fingerprint density at radius 2 is 1.64 bits per heavy atom. The minimum absolute atomic E-state index is 0.0142. The second-order valence-corrected chi connectivity index (χ2v) is 17.0. The van der Waals surface area contributed by atoms with Crippen LogP contribution in [0.1, 0.15) is 90.1 Å². The molecule has 2 aromatic carbocycles. The number of nitriles is 1. The van der Waals surface area contributed by atoms with Crippen molar-refractivity contribution >= 4 is 35.3 Å².